The summed E-state index contributed by atoms with van der Waals surface area (Å²) in [7, 11) is 1.82. The topological polar surface area (TPSA) is 23.5 Å². The first-order valence-electron chi connectivity index (χ1n) is 3.49. The SMILES string of the molecule is C#C[C@@H](C)N(C)C(O)CC. The molecule has 0 radical (unpaired) electrons. The molecule has 0 heterocycles. The number of terminal acetylenes is 1. The Hall–Kier alpha value is -0.520. The zero-order valence-electron chi connectivity index (χ0n) is 6.83. The molecule has 0 spiro atoms. The van der Waals surface area contributed by atoms with Crippen molar-refractivity contribution in [1.82, 2.24) is 4.90 Å². The second-order valence-electron chi connectivity index (χ2n) is 2.40. The van der Waals surface area contributed by atoms with Gasteiger partial charge in [-0.05, 0) is 20.4 Å². The van der Waals surface area contributed by atoms with Crippen LogP contribution in [0.2, 0.25) is 0 Å². The summed E-state index contributed by atoms with van der Waals surface area (Å²) in [6.07, 6.45) is 5.46. The standard InChI is InChI=1S/C8H15NO/c1-5-7(3)9(4)8(10)6-2/h1,7-8,10H,6H2,2-4H3/t7-,8?/m1/s1. The molecular formula is C8H15NO. The number of hydrogen-bond acceptors (Lipinski definition) is 2. The number of aliphatic hydroxyl groups excluding tert-OH is 1. The molecule has 2 nitrogen and oxygen atoms in total. The van der Waals surface area contributed by atoms with Crippen LogP contribution in [-0.4, -0.2) is 29.3 Å². The van der Waals surface area contributed by atoms with Gasteiger partial charge >= 0.3 is 0 Å². The van der Waals surface area contributed by atoms with Crippen LogP contribution in [0.15, 0.2) is 0 Å². The quantitative estimate of drug-likeness (QED) is 0.461. The van der Waals surface area contributed by atoms with E-state index in [4.69, 9.17) is 6.42 Å². The molecule has 0 bridgehead atoms. The molecule has 58 valence electrons. The van der Waals surface area contributed by atoms with Crippen LogP contribution in [0.25, 0.3) is 0 Å². The molecule has 10 heavy (non-hydrogen) atoms. The smallest absolute Gasteiger partial charge is 0.107 e. The Morgan fingerprint density at radius 2 is 2.20 bits per heavy atom. The van der Waals surface area contributed by atoms with Gasteiger partial charge < -0.3 is 5.11 Å². The van der Waals surface area contributed by atoms with E-state index in [0.717, 1.165) is 0 Å². The van der Waals surface area contributed by atoms with Crippen molar-refractivity contribution in [2.75, 3.05) is 7.05 Å². The summed E-state index contributed by atoms with van der Waals surface area (Å²) < 4.78 is 0. The molecule has 0 aromatic rings. The molecule has 0 aromatic heterocycles. The van der Waals surface area contributed by atoms with E-state index in [0.29, 0.717) is 6.42 Å². The first kappa shape index (κ1) is 9.48. The third-order valence-electron chi connectivity index (χ3n) is 1.69. The van der Waals surface area contributed by atoms with Crippen LogP contribution in [0.3, 0.4) is 0 Å². The van der Waals surface area contributed by atoms with Crippen molar-refractivity contribution in [3.05, 3.63) is 0 Å². The molecular weight excluding hydrogens is 126 g/mol. The highest BCUT2D eigenvalue weighted by Gasteiger charge is 2.12. The van der Waals surface area contributed by atoms with Crippen molar-refractivity contribution in [3.63, 3.8) is 0 Å². The lowest BCUT2D eigenvalue weighted by Crippen LogP contribution is -2.37. The summed E-state index contributed by atoms with van der Waals surface area (Å²) in [5.41, 5.74) is 0. The summed E-state index contributed by atoms with van der Waals surface area (Å²) in [4.78, 5) is 1.76. The van der Waals surface area contributed by atoms with Crippen molar-refractivity contribution in [2.24, 2.45) is 0 Å². The summed E-state index contributed by atoms with van der Waals surface area (Å²) in [6.45, 7) is 3.81. The van der Waals surface area contributed by atoms with E-state index in [1.54, 1.807) is 4.90 Å². The largest absolute Gasteiger partial charge is 0.378 e. The normalized spacial score (nSPS) is 16.4. The molecule has 0 fully saturated rings. The number of rotatable bonds is 3. The van der Waals surface area contributed by atoms with Crippen molar-refractivity contribution in [3.8, 4) is 12.3 Å². The lowest BCUT2D eigenvalue weighted by atomic mass is 10.3. The Kier molecular flexibility index (Phi) is 4.10. The average Bonchev–Trinajstić information content (AvgIpc) is 2.00. The number of nitrogens with zero attached hydrogens (tertiary/aromatic N) is 1. The van der Waals surface area contributed by atoms with Crippen molar-refractivity contribution < 1.29 is 5.11 Å². The molecule has 0 aliphatic carbocycles. The van der Waals surface area contributed by atoms with Gasteiger partial charge in [0, 0.05) is 0 Å². The molecule has 0 aliphatic rings. The van der Waals surface area contributed by atoms with Gasteiger partial charge in [0.15, 0.2) is 0 Å². The average molecular weight is 141 g/mol. The Morgan fingerprint density at radius 1 is 1.70 bits per heavy atom. The van der Waals surface area contributed by atoms with Gasteiger partial charge in [0.05, 0.1) is 6.04 Å². The highest BCUT2D eigenvalue weighted by Crippen LogP contribution is 2.01. The van der Waals surface area contributed by atoms with Gasteiger partial charge in [-0.2, -0.15) is 0 Å². The highest BCUT2D eigenvalue weighted by atomic mass is 16.3. The Morgan fingerprint density at radius 3 is 2.50 bits per heavy atom. The van der Waals surface area contributed by atoms with Gasteiger partial charge in [-0.1, -0.05) is 12.8 Å². The van der Waals surface area contributed by atoms with E-state index in [1.807, 2.05) is 20.9 Å². The summed E-state index contributed by atoms with van der Waals surface area (Å²) in [5, 5.41) is 9.26. The third-order valence-corrected chi connectivity index (χ3v) is 1.69. The second-order valence-corrected chi connectivity index (χ2v) is 2.40. The monoisotopic (exact) mass is 141 g/mol. The van der Waals surface area contributed by atoms with Crippen molar-refractivity contribution in [1.29, 1.82) is 0 Å². The van der Waals surface area contributed by atoms with E-state index in [9.17, 15) is 5.11 Å². The first-order chi connectivity index (χ1) is 4.63. The minimum atomic E-state index is -0.411. The Labute approximate surface area is 62.8 Å². The number of hydrogen-bond donors (Lipinski definition) is 1. The summed E-state index contributed by atoms with van der Waals surface area (Å²) in [6, 6.07) is 0.00921. The fourth-order valence-electron chi connectivity index (χ4n) is 0.664. The predicted octanol–water partition coefficient (Wildman–Crippen LogP) is 0.668. The van der Waals surface area contributed by atoms with E-state index >= 15 is 0 Å². The minimum absolute atomic E-state index is 0.00921. The van der Waals surface area contributed by atoms with E-state index < -0.39 is 6.23 Å². The van der Waals surface area contributed by atoms with E-state index in [1.165, 1.54) is 0 Å². The van der Waals surface area contributed by atoms with E-state index in [-0.39, 0.29) is 6.04 Å². The van der Waals surface area contributed by atoms with Gasteiger partial charge in [0.25, 0.3) is 0 Å². The van der Waals surface area contributed by atoms with Gasteiger partial charge in [0.2, 0.25) is 0 Å². The lowest BCUT2D eigenvalue weighted by molar-refractivity contribution is 0.00911. The number of aliphatic hydroxyl groups is 1. The molecule has 2 atom stereocenters. The fraction of sp³-hybridized carbons (Fsp3) is 0.750. The molecule has 0 aromatic carbocycles. The maximum atomic E-state index is 9.26. The zero-order chi connectivity index (χ0) is 8.15. The Balaban J connectivity index is 3.84. The highest BCUT2D eigenvalue weighted by molar-refractivity contribution is 4.96. The maximum absolute atomic E-state index is 9.26. The van der Waals surface area contributed by atoms with Crippen LogP contribution in [-0.2, 0) is 0 Å². The van der Waals surface area contributed by atoms with Gasteiger partial charge in [-0.15, -0.1) is 6.42 Å². The van der Waals surface area contributed by atoms with Gasteiger partial charge in [-0.25, -0.2) is 0 Å². The summed E-state index contributed by atoms with van der Waals surface area (Å²) in [5.74, 6) is 2.55. The van der Waals surface area contributed by atoms with Gasteiger partial charge in [-0.3, -0.25) is 4.90 Å². The van der Waals surface area contributed by atoms with Crippen LogP contribution in [0.1, 0.15) is 20.3 Å². The molecule has 0 saturated carbocycles. The molecule has 2 heteroatoms. The Bertz CT molecular complexity index is 128. The molecule has 0 amide bonds. The zero-order valence-corrected chi connectivity index (χ0v) is 6.83. The van der Waals surface area contributed by atoms with Crippen LogP contribution in [0, 0.1) is 12.3 Å². The maximum Gasteiger partial charge on any atom is 0.107 e. The van der Waals surface area contributed by atoms with Crippen LogP contribution in [0.5, 0.6) is 0 Å². The fourth-order valence-corrected chi connectivity index (χ4v) is 0.664. The van der Waals surface area contributed by atoms with Crippen LogP contribution < -0.4 is 0 Å². The van der Waals surface area contributed by atoms with Gasteiger partial charge in [0.1, 0.15) is 6.23 Å². The first-order valence-corrected chi connectivity index (χ1v) is 3.49. The van der Waals surface area contributed by atoms with Crippen LogP contribution in [0.4, 0.5) is 0 Å². The molecule has 0 aliphatic heterocycles. The minimum Gasteiger partial charge on any atom is -0.378 e. The van der Waals surface area contributed by atoms with Crippen LogP contribution >= 0.6 is 0 Å². The molecule has 0 rings (SSSR count). The molecule has 1 N–H and O–H groups in total. The predicted molar refractivity (Wildman–Crippen MR) is 42.4 cm³/mol. The van der Waals surface area contributed by atoms with Crippen molar-refractivity contribution in [2.45, 2.75) is 32.5 Å². The lowest BCUT2D eigenvalue weighted by Gasteiger charge is -2.24. The molecule has 0 saturated heterocycles. The van der Waals surface area contributed by atoms with E-state index in [2.05, 4.69) is 5.92 Å². The second kappa shape index (κ2) is 4.32. The van der Waals surface area contributed by atoms with Crippen molar-refractivity contribution >= 4 is 0 Å². The third kappa shape index (κ3) is 2.38. The molecule has 1 unspecified atom stereocenters. The summed E-state index contributed by atoms with van der Waals surface area (Å²) >= 11 is 0.